The highest BCUT2D eigenvalue weighted by Gasteiger charge is 2.63. The zero-order chi connectivity index (χ0) is 18.3. The van der Waals surface area contributed by atoms with Crippen LogP contribution in [0.5, 0.6) is 0 Å². The maximum absolute atomic E-state index is 2.78. The summed E-state index contributed by atoms with van der Waals surface area (Å²) >= 11 is 0. The molecule has 1 heterocycles. The van der Waals surface area contributed by atoms with Crippen molar-refractivity contribution in [1.82, 2.24) is 0 Å². The van der Waals surface area contributed by atoms with Gasteiger partial charge in [-0.25, -0.2) is 4.90 Å². The standard InChI is InChI=1S/C24H35N2/c1-17-8-18(2)21(19(3)9-17)25-6-7-26(16-25)24-12-20-10-22(4,14-24)13-23(5,11-20)15-24/h8-9,16,20H,6-7,10-15H2,1-5H3/q+1. The molecule has 2 atom stereocenters. The quantitative estimate of drug-likeness (QED) is 0.662. The Morgan fingerprint density at radius 1 is 0.923 bits per heavy atom. The van der Waals surface area contributed by atoms with Gasteiger partial charge in [0.05, 0.1) is 0 Å². The summed E-state index contributed by atoms with van der Waals surface area (Å²) in [5.41, 5.74) is 7.28. The van der Waals surface area contributed by atoms with Crippen molar-refractivity contribution in [2.75, 3.05) is 18.0 Å². The fourth-order valence-electron chi connectivity index (χ4n) is 8.36. The van der Waals surface area contributed by atoms with E-state index in [1.807, 2.05) is 0 Å². The zero-order valence-electron chi connectivity index (χ0n) is 17.4. The highest BCUT2D eigenvalue weighted by molar-refractivity contribution is 5.81. The van der Waals surface area contributed by atoms with Gasteiger partial charge in [0.15, 0.2) is 0 Å². The van der Waals surface area contributed by atoms with E-state index in [-0.39, 0.29) is 0 Å². The van der Waals surface area contributed by atoms with Gasteiger partial charge in [-0.2, -0.15) is 0 Å². The summed E-state index contributed by atoms with van der Waals surface area (Å²) in [5, 5.41) is 0. The third-order valence-electron chi connectivity index (χ3n) is 7.99. The number of anilines is 1. The molecule has 1 aliphatic heterocycles. The lowest BCUT2D eigenvalue weighted by molar-refractivity contribution is -0.620. The first-order valence-electron chi connectivity index (χ1n) is 10.7. The molecule has 4 fully saturated rings. The molecule has 4 aliphatic carbocycles. The van der Waals surface area contributed by atoms with E-state index in [0.717, 1.165) is 12.5 Å². The molecule has 0 saturated heterocycles. The first kappa shape index (κ1) is 16.8. The Kier molecular flexibility index (Phi) is 3.33. The molecule has 1 aromatic carbocycles. The average molecular weight is 352 g/mol. The molecule has 4 bridgehead atoms. The van der Waals surface area contributed by atoms with Gasteiger partial charge in [-0.1, -0.05) is 31.5 Å². The summed E-state index contributed by atoms with van der Waals surface area (Å²) in [6.07, 6.45) is 11.2. The van der Waals surface area contributed by atoms with Gasteiger partial charge in [0.25, 0.3) is 0 Å². The Hall–Kier alpha value is -1.31. The van der Waals surface area contributed by atoms with Gasteiger partial charge in [0.1, 0.15) is 24.3 Å². The molecule has 6 rings (SSSR count). The number of hydrogen-bond donors (Lipinski definition) is 0. The first-order valence-corrected chi connectivity index (χ1v) is 10.7. The van der Waals surface area contributed by atoms with E-state index in [9.17, 15) is 0 Å². The van der Waals surface area contributed by atoms with Crippen LogP contribution in [0.3, 0.4) is 0 Å². The lowest BCUT2D eigenvalue weighted by atomic mass is 9.42. The lowest BCUT2D eigenvalue weighted by Gasteiger charge is -2.64. The van der Waals surface area contributed by atoms with Crippen LogP contribution in [0.4, 0.5) is 5.69 Å². The molecule has 0 amide bonds. The van der Waals surface area contributed by atoms with Crippen molar-refractivity contribution >= 4 is 12.0 Å². The van der Waals surface area contributed by atoms with Crippen LogP contribution in [-0.2, 0) is 0 Å². The Morgan fingerprint density at radius 2 is 1.54 bits per heavy atom. The van der Waals surface area contributed by atoms with Crippen molar-refractivity contribution in [3.05, 3.63) is 28.8 Å². The number of aryl methyl sites for hydroxylation is 3. The second-order valence-electron chi connectivity index (χ2n) is 11.1. The molecule has 4 saturated carbocycles. The molecule has 5 aliphatic rings. The van der Waals surface area contributed by atoms with Crippen molar-refractivity contribution in [2.24, 2.45) is 16.7 Å². The second-order valence-corrected chi connectivity index (χ2v) is 11.1. The molecule has 0 radical (unpaired) electrons. The van der Waals surface area contributed by atoms with Gasteiger partial charge < -0.3 is 0 Å². The molecule has 2 nitrogen and oxygen atoms in total. The van der Waals surface area contributed by atoms with Crippen molar-refractivity contribution in [2.45, 2.75) is 78.7 Å². The van der Waals surface area contributed by atoms with Gasteiger partial charge in [-0.05, 0) is 87.2 Å². The predicted molar refractivity (Wildman–Crippen MR) is 109 cm³/mol. The summed E-state index contributed by atoms with van der Waals surface area (Å²) in [4.78, 5) is 2.55. The molecule has 2 heteroatoms. The van der Waals surface area contributed by atoms with Crippen molar-refractivity contribution < 1.29 is 4.58 Å². The normalized spacial score (nSPS) is 41.0. The highest BCUT2D eigenvalue weighted by atomic mass is 15.3. The van der Waals surface area contributed by atoms with E-state index in [1.165, 1.54) is 67.4 Å². The Labute approximate surface area is 159 Å². The van der Waals surface area contributed by atoms with E-state index >= 15 is 0 Å². The minimum atomic E-state index is 0.435. The minimum absolute atomic E-state index is 0.435. The van der Waals surface area contributed by atoms with Crippen LogP contribution in [-0.4, -0.2) is 29.5 Å². The van der Waals surface area contributed by atoms with Crippen LogP contribution < -0.4 is 4.90 Å². The van der Waals surface area contributed by atoms with E-state index < -0.39 is 0 Å². The minimum Gasteiger partial charge on any atom is -0.259 e. The maximum atomic E-state index is 2.78. The van der Waals surface area contributed by atoms with Crippen LogP contribution in [0.25, 0.3) is 0 Å². The predicted octanol–water partition coefficient (Wildman–Crippen LogP) is 5.22. The van der Waals surface area contributed by atoms with Gasteiger partial charge in [-0.15, -0.1) is 0 Å². The monoisotopic (exact) mass is 351 g/mol. The summed E-state index contributed by atoms with van der Waals surface area (Å²) in [7, 11) is 0. The number of nitrogens with zero attached hydrogens (tertiary/aromatic N) is 2. The van der Waals surface area contributed by atoms with Gasteiger partial charge in [-0.3, -0.25) is 4.58 Å². The number of hydrogen-bond acceptors (Lipinski definition) is 1. The van der Waals surface area contributed by atoms with Gasteiger partial charge in [0, 0.05) is 0 Å². The van der Waals surface area contributed by atoms with Crippen LogP contribution in [0.1, 0.15) is 69.1 Å². The molecule has 0 spiro atoms. The largest absolute Gasteiger partial charge is 0.259 e. The maximum Gasteiger partial charge on any atom is 0.240 e. The van der Waals surface area contributed by atoms with E-state index in [2.05, 4.69) is 62.6 Å². The average Bonchev–Trinajstić information content (AvgIpc) is 2.92. The summed E-state index contributed by atoms with van der Waals surface area (Å²) in [6, 6.07) is 4.68. The zero-order valence-corrected chi connectivity index (χ0v) is 17.4. The van der Waals surface area contributed by atoms with Crippen molar-refractivity contribution in [3.63, 3.8) is 0 Å². The van der Waals surface area contributed by atoms with E-state index in [1.54, 1.807) is 0 Å². The fourth-order valence-corrected chi connectivity index (χ4v) is 8.36. The third kappa shape index (κ3) is 2.40. The van der Waals surface area contributed by atoms with E-state index in [4.69, 9.17) is 0 Å². The number of benzene rings is 1. The summed E-state index contributed by atoms with van der Waals surface area (Å²) < 4.78 is 2.78. The molecular formula is C24H35N2+. The highest BCUT2D eigenvalue weighted by Crippen LogP contribution is 2.67. The van der Waals surface area contributed by atoms with Crippen LogP contribution >= 0.6 is 0 Å². The SMILES string of the molecule is Cc1cc(C)c(N2C=[N+](C34CC5CC(C)(CC(C)(C5)C3)C4)CC2)c(C)c1. The first-order chi connectivity index (χ1) is 12.2. The third-order valence-corrected chi connectivity index (χ3v) is 7.99. The molecular weight excluding hydrogens is 316 g/mol. The molecule has 2 unspecified atom stereocenters. The topological polar surface area (TPSA) is 6.25 Å². The van der Waals surface area contributed by atoms with Gasteiger partial charge in [0.2, 0.25) is 6.34 Å². The Balaban J connectivity index is 1.52. The van der Waals surface area contributed by atoms with Crippen LogP contribution in [0.15, 0.2) is 12.1 Å². The Morgan fingerprint density at radius 3 is 2.12 bits per heavy atom. The second kappa shape index (κ2) is 5.14. The van der Waals surface area contributed by atoms with Crippen molar-refractivity contribution in [3.8, 4) is 0 Å². The Bertz CT molecular complexity index is 763. The lowest BCUT2D eigenvalue weighted by Crippen LogP contribution is -2.62. The summed E-state index contributed by atoms with van der Waals surface area (Å²) in [5.74, 6) is 0.964. The molecule has 26 heavy (non-hydrogen) atoms. The van der Waals surface area contributed by atoms with E-state index in [0.29, 0.717) is 16.4 Å². The van der Waals surface area contributed by atoms with Gasteiger partial charge >= 0.3 is 0 Å². The molecule has 140 valence electrons. The molecule has 0 aromatic heterocycles. The van der Waals surface area contributed by atoms with Crippen LogP contribution in [0, 0.1) is 37.5 Å². The van der Waals surface area contributed by atoms with Crippen molar-refractivity contribution in [1.29, 1.82) is 0 Å². The smallest absolute Gasteiger partial charge is 0.240 e. The number of rotatable bonds is 2. The molecule has 1 aromatic rings. The molecule has 0 N–H and O–H groups in total. The summed E-state index contributed by atoms with van der Waals surface area (Å²) in [6.45, 7) is 14.3. The van der Waals surface area contributed by atoms with Crippen LogP contribution in [0.2, 0.25) is 0 Å². The fraction of sp³-hybridized carbons (Fsp3) is 0.708.